The number of hydrogen-bond donors (Lipinski definition) is 3. The summed E-state index contributed by atoms with van der Waals surface area (Å²) in [6.07, 6.45) is 5.37. The molecule has 150 valence electrons. The van der Waals surface area contributed by atoms with Gasteiger partial charge in [-0.05, 0) is 49.2 Å². The van der Waals surface area contributed by atoms with E-state index < -0.39 is 11.8 Å². The molecule has 0 radical (unpaired) electrons. The van der Waals surface area contributed by atoms with Gasteiger partial charge in [-0.2, -0.15) is 0 Å². The number of aliphatic hydroxyl groups is 1. The number of carbonyl (C=O) groups is 2. The molecule has 2 rings (SSSR count). The van der Waals surface area contributed by atoms with Crippen molar-refractivity contribution in [3.63, 3.8) is 0 Å². The minimum absolute atomic E-state index is 0.0312. The second-order valence-corrected chi connectivity index (χ2v) is 6.09. The molecular formula is C21H26N2O5. The maximum atomic E-state index is 12.5. The minimum Gasteiger partial charge on any atom is -0.494 e. The van der Waals surface area contributed by atoms with Gasteiger partial charge < -0.3 is 24.9 Å². The van der Waals surface area contributed by atoms with Gasteiger partial charge in [-0.3, -0.25) is 9.59 Å². The second kappa shape index (κ2) is 11.6. The molecule has 0 spiro atoms. The van der Waals surface area contributed by atoms with E-state index in [1.807, 2.05) is 0 Å². The summed E-state index contributed by atoms with van der Waals surface area (Å²) in [6.45, 7) is 2.98. The average molecular weight is 386 g/mol. The summed E-state index contributed by atoms with van der Waals surface area (Å²) in [6, 6.07) is 10.1. The van der Waals surface area contributed by atoms with Gasteiger partial charge >= 0.3 is 0 Å². The highest BCUT2D eigenvalue weighted by atomic mass is 16.5. The highest BCUT2D eigenvalue weighted by Crippen LogP contribution is 2.14. The Labute approximate surface area is 164 Å². The molecule has 3 N–H and O–H groups in total. The van der Waals surface area contributed by atoms with Crippen LogP contribution in [0.25, 0.3) is 6.08 Å². The first-order valence-electron chi connectivity index (χ1n) is 9.32. The lowest BCUT2D eigenvalue weighted by Gasteiger charge is -2.11. The van der Waals surface area contributed by atoms with E-state index in [1.54, 1.807) is 36.4 Å². The van der Waals surface area contributed by atoms with E-state index in [0.717, 1.165) is 12.8 Å². The largest absolute Gasteiger partial charge is 0.494 e. The monoisotopic (exact) mass is 386 g/mol. The van der Waals surface area contributed by atoms with Crippen LogP contribution in [0.4, 0.5) is 0 Å². The summed E-state index contributed by atoms with van der Waals surface area (Å²) in [5, 5.41) is 14.1. The summed E-state index contributed by atoms with van der Waals surface area (Å²) in [5.74, 6) is 0.248. The Morgan fingerprint density at radius 3 is 2.61 bits per heavy atom. The lowest BCUT2D eigenvalue weighted by atomic mass is 10.2. The number of hydrogen-bond acceptors (Lipinski definition) is 5. The third kappa shape index (κ3) is 6.92. The van der Waals surface area contributed by atoms with E-state index in [1.165, 1.54) is 12.3 Å². The van der Waals surface area contributed by atoms with Crippen LogP contribution in [0.1, 0.15) is 42.3 Å². The lowest BCUT2D eigenvalue weighted by Crippen LogP contribution is -2.35. The van der Waals surface area contributed by atoms with Gasteiger partial charge in [0.05, 0.1) is 12.9 Å². The van der Waals surface area contributed by atoms with Crippen molar-refractivity contribution >= 4 is 17.9 Å². The Morgan fingerprint density at radius 1 is 1.18 bits per heavy atom. The van der Waals surface area contributed by atoms with E-state index >= 15 is 0 Å². The molecule has 1 aromatic carbocycles. The molecule has 2 amide bonds. The zero-order chi connectivity index (χ0) is 20.2. The molecule has 7 nitrogen and oxygen atoms in total. The van der Waals surface area contributed by atoms with Crippen LogP contribution in [0.3, 0.4) is 0 Å². The topological polar surface area (TPSA) is 101 Å². The van der Waals surface area contributed by atoms with E-state index in [0.29, 0.717) is 36.6 Å². The summed E-state index contributed by atoms with van der Waals surface area (Å²) >= 11 is 0. The summed E-state index contributed by atoms with van der Waals surface area (Å²) in [7, 11) is 0. The molecular weight excluding hydrogens is 360 g/mol. The normalized spacial score (nSPS) is 11.1. The summed E-state index contributed by atoms with van der Waals surface area (Å²) in [5.41, 5.74) is 0.456. The van der Waals surface area contributed by atoms with Crippen molar-refractivity contribution in [2.24, 2.45) is 0 Å². The van der Waals surface area contributed by atoms with Gasteiger partial charge in [0.25, 0.3) is 11.8 Å². The average Bonchev–Trinajstić information content (AvgIpc) is 3.21. The van der Waals surface area contributed by atoms with Gasteiger partial charge in [0.2, 0.25) is 0 Å². The fraction of sp³-hybridized carbons (Fsp3) is 0.333. The van der Waals surface area contributed by atoms with Gasteiger partial charge in [-0.1, -0.05) is 13.3 Å². The number of unbranched alkanes of at least 4 members (excludes halogenated alkanes) is 1. The van der Waals surface area contributed by atoms with Crippen molar-refractivity contribution in [2.45, 2.75) is 26.2 Å². The van der Waals surface area contributed by atoms with Crippen molar-refractivity contribution in [1.82, 2.24) is 10.6 Å². The Hall–Kier alpha value is -3.06. The van der Waals surface area contributed by atoms with E-state index in [-0.39, 0.29) is 12.3 Å². The summed E-state index contributed by atoms with van der Waals surface area (Å²) < 4.78 is 10.8. The van der Waals surface area contributed by atoms with E-state index in [9.17, 15) is 9.59 Å². The number of furan rings is 1. The molecule has 2 aromatic rings. The fourth-order valence-electron chi connectivity index (χ4n) is 2.28. The van der Waals surface area contributed by atoms with Crippen molar-refractivity contribution in [2.75, 3.05) is 19.8 Å². The molecule has 0 aliphatic carbocycles. The molecule has 0 saturated carbocycles. The molecule has 28 heavy (non-hydrogen) atoms. The Bertz CT molecular complexity index is 767. The van der Waals surface area contributed by atoms with Crippen molar-refractivity contribution in [1.29, 1.82) is 0 Å². The zero-order valence-corrected chi connectivity index (χ0v) is 15.9. The maximum absolute atomic E-state index is 12.5. The molecule has 0 fully saturated rings. The number of benzene rings is 1. The third-order valence-electron chi connectivity index (χ3n) is 3.83. The van der Waals surface area contributed by atoms with Crippen molar-refractivity contribution < 1.29 is 23.8 Å². The molecule has 0 saturated heterocycles. The Morgan fingerprint density at radius 2 is 1.96 bits per heavy atom. The standard InChI is InChI=1S/C21H26N2O5/c1-2-3-13-27-17-9-7-16(8-10-17)20(25)23-19(15-18-6-4-14-28-18)21(26)22-11-5-12-24/h4,6-10,14-15,24H,2-3,5,11-13H2,1H3,(H,22,26)(H,23,25)/b19-15+. The van der Waals surface area contributed by atoms with E-state index in [4.69, 9.17) is 14.3 Å². The molecule has 0 atom stereocenters. The number of nitrogens with one attached hydrogen (secondary N) is 2. The highest BCUT2D eigenvalue weighted by Gasteiger charge is 2.15. The van der Waals surface area contributed by atoms with E-state index in [2.05, 4.69) is 17.6 Å². The van der Waals surface area contributed by atoms with Crippen LogP contribution >= 0.6 is 0 Å². The lowest BCUT2D eigenvalue weighted by molar-refractivity contribution is -0.117. The second-order valence-electron chi connectivity index (χ2n) is 6.09. The van der Waals surface area contributed by atoms with Crippen LogP contribution in [0.15, 0.2) is 52.8 Å². The predicted molar refractivity (Wildman–Crippen MR) is 106 cm³/mol. The molecule has 0 bridgehead atoms. The van der Waals surface area contributed by atoms with Crippen molar-refractivity contribution in [3.05, 3.63) is 59.7 Å². The first-order valence-corrected chi connectivity index (χ1v) is 9.32. The summed E-state index contributed by atoms with van der Waals surface area (Å²) in [4.78, 5) is 24.9. The van der Waals surface area contributed by atoms with Gasteiger partial charge in [-0.25, -0.2) is 0 Å². The van der Waals surface area contributed by atoms with Crippen LogP contribution in [0.5, 0.6) is 5.75 Å². The zero-order valence-electron chi connectivity index (χ0n) is 15.9. The SMILES string of the molecule is CCCCOc1ccc(C(=O)N/C(=C/c2ccco2)C(=O)NCCCO)cc1. The number of rotatable bonds is 11. The first-order chi connectivity index (χ1) is 13.6. The van der Waals surface area contributed by atoms with Crippen LogP contribution in [0, 0.1) is 0 Å². The molecule has 1 heterocycles. The van der Waals surface area contributed by atoms with Crippen LogP contribution in [-0.2, 0) is 4.79 Å². The number of ether oxygens (including phenoxy) is 1. The van der Waals surface area contributed by atoms with Crippen LogP contribution < -0.4 is 15.4 Å². The van der Waals surface area contributed by atoms with Gasteiger partial charge in [-0.15, -0.1) is 0 Å². The first kappa shape index (κ1) is 21.2. The molecule has 0 unspecified atom stereocenters. The molecule has 0 aliphatic heterocycles. The van der Waals surface area contributed by atoms with Gasteiger partial charge in [0.1, 0.15) is 17.2 Å². The number of aliphatic hydroxyl groups excluding tert-OH is 1. The highest BCUT2D eigenvalue weighted by molar-refractivity contribution is 6.05. The Kier molecular flexibility index (Phi) is 8.81. The molecule has 1 aromatic heterocycles. The molecule has 7 heteroatoms. The minimum atomic E-state index is -0.460. The molecule has 0 aliphatic rings. The van der Waals surface area contributed by atoms with Crippen LogP contribution in [0.2, 0.25) is 0 Å². The van der Waals surface area contributed by atoms with Crippen LogP contribution in [-0.4, -0.2) is 36.7 Å². The fourth-order valence-corrected chi connectivity index (χ4v) is 2.28. The van der Waals surface area contributed by atoms with Gasteiger partial charge in [0.15, 0.2) is 0 Å². The van der Waals surface area contributed by atoms with Crippen molar-refractivity contribution in [3.8, 4) is 5.75 Å². The predicted octanol–water partition coefficient (Wildman–Crippen LogP) is 2.73. The smallest absolute Gasteiger partial charge is 0.267 e. The quantitative estimate of drug-likeness (QED) is 0.407. The van der Waals surface area contributed by atoms with Gasteiger partial charge in [0, 0.05) is 24.8 Å². The number of carbonyl (C=O) groups excluding carboxylic acids is 2. The number of amides is 2. The Balaban J connectivity index is 2.05. The third-order valence-corrected chi connectivity index (χ3v) is 3.83. The maximum Gasteiger partial charge on any atom is 0.267 e.